The number of rotatable bonds is 6. The third kappa shape index (κ3) is 4.04. The van der Waals surface area contributed by atoms with Gasteiger partial charge in [-0.15, -0.1) is 0 Å². The first kappa shape index (κ1) is 12.4. The lowest BCUT2D eigenvalue weighted by atomic mass is 10.2. The minimum absolute atomic E-state index is 0.241. The van der Waals surface area contributed by atoms with E-state index in [4.69, 9.17) is 4.74 Å². The van der Waals surface area contributed by atoms with E-state index < -0.39 is 0 Å². The van der Waals surface area contributed by atoms with Gasteiger partial charge in [0.25, 0.3) is 0 Å². The zero-order valence-corrected chi connectivity index (χ0v) is 11.1. The fourth-order valence-electron chi connectivity index (χ4n) is 2.09. The Morgan fingerprint density at radius 1 is 1.41 bits per heavy atom. The average Bonchev–Trinajstić information content (AvgIpc) is 2.94. The SMILES string of the molecule is CC(C)Oc1cccc(CNCC2CC2C)c1. The molecule has 1 aliphatic carbocycles. The van der Waals surface area contributed by atoms with Gasteiger partial charge in [-0.2, -0.15) is 0 Å². The van der Waals surface area contributed by atoms with Crippen molar-refractivity contribution in [2.45, 2.75) is 39.8 Å². The predicted molar refractivity (Wildman–Crippen MR) is 71.2 cm³/mol. The highest BCUT2D eigenvalue weighted by Gasteiger charge is 2.31. The summed E-state index contributed by atoms with van der Waals surface area (Å²) in [5, 5.41) is 3.52. The van der Waals surface area contributed by atoms with Gasteiger partial charge in [0, 0.05) is 6.54 Å². The van der Waals surface area contributed by atoms with Gasteiger partial charge in [-0.3, -0.25) is 0 Å². The van der Waals surface area contributed by atoms with Crippen molar-refractivity contribution in [3.8, 4) is 5.75 Å². The van der Waals surface area contributed by atoms with E-state index in [0.29, 0.717) is 0 Å². The van der Waals surface area contributed by atoms with Crippen LogP contribution in [0.2, 0.25) is 0 Å². The van der Waals surface area contributed by atoms with Crippen LogP contribution in [-0.2, 0) is 6.54 Å². The normalized spacial score (nSPS) is 22.8. The Kier molecular flexibility index (Phi) is 4.06. The third-order valence-electron chi connectivity index (χ3n) is 3.28. The van der Waals surface area contributed by atoms with Gasteiger partial charge in [0.2, 0.25) is 0 Å². The summed E-state index contributed by atoms with van der Waals surface area (Å²) in [4.78, 5) is 0. The molecule has 17 heavy (non-hydrogen) atoms. The van der Waals surface area contributed by atoms with E-state index in [9.17, 15) is 0 Å². The quantitative estimate of drug-likeness (QED) is 0.814. The molecule has 2 unspecified atom stereocenters. The van der Waals surface area contributed by atoms with Crippen molar-refractivity contribution in [3.05, 3.63) is 29.8 Å². The molecule has 1 N–H and O–H groups in total. The van der Waals surface area contributed by atoms with E-state index in [2.05, 4.69) is 44.3 Å². The molecule has 2 rings (SSSR count). The van der Waals surface area contributed by atoms with Crippen molar-refractivity contribution < 1.29 is 4.74 Å². The van der Waals surface area contributed by atoms with Gasteiger partial charge in [0.15, 0.2) is 0 Å². The van der Waals surface area contributed by atoms with Crippen molar-refractivity contribution >= 4 is 0 Å². The van der Waals surface area contributed by atoms with Crippen molar-refractivity contribution in [2.24, 2.45) is 11.8 Å². The number of benzene rings is 1. The first-order valence-corrected chi connectivity index (χ1v) is 6.61. The standard InChI is InChI=1S/C15H23NO/c1-11(2)17-15-6-4-5-13(8-15)9-16-10-14-7-12(14)3/h4-6,8,11-12,14,16H,7,9-10H2,1-3H3. The summed E-state index contributed by atoms with van der Waals surface area (Å²) in [6, 6.07) is 8.36. The smallest absolute Gasteiger partial charge is 0.120 e. The Morgan fingerprint density at radius 2 is 2.18 bits per heavy atom. The van der Waals surface area contributed by atoms with Gasteiger partial charge < -0.3 is 10.1 Å². The molecule has 1 aromatic carbocycles. The van der Waals surface area contributed by atoms with Crippen molar-refractivity contribution in [1.29, 1.82) is 0 Å². The molecular formula is C15H23NO. The predicted octanol–water partition coefficient (Wildman–Crippen LogP) is 3.22. The van der Waals surface area contributed by atoms with E-state index in [1.54, 1.807) is 0 Å². The molecule has 0 aliphatic heterocycles. The molecule has 0 spiro atoms. The maximum absolute atomic E-state index is 5.68. The number of ether oxygens (including phenoxy) is 1. The van der Waals surface area contributed by atoms with Crippen LogP contribution in [-0.4, -0.2) is 12.6 Å². The van der Waals surface area contributed by atoms with Gasteiger partial charge in [-0.1, -0.05) is 19.1 Å². The highest BCUT2D eigenvalue weighted by molar-refractivity contribution is 5.28. The molecule has 0 saturated heterocycles. The van der Waals surface area contributed by atoms with E-state index in [-0.39, 0.29) is 6.10 Å². The Labute approximate surface area is 104 Å². The van der Waals surface area contributed by atoms with Crippen LogP contribution in [0, 0.1) is 11.8 Å². The summed E-state index contributed by atoms with van der Waals surface area (Å²) in [7, 11) is 0. The fraction of sp³-hybridized carbons (Fsp3) is 0.600. The Bertz CT molecular complexity index is 362. The van der Waals surface area contributed by atoms with E-state index in [1.165, 1.54) is 12.0 Å². The van der Waals surface area contributed by atoms with Crippen molar-refractivity contribution in [2.75, 3.05) is 6.54 Å². The zero-order valence-electron chi connectivity index (χ0n) is 11.1. The first-order chi connectivity index (χ1) is 8.15. The van der Waals surface area contributed by atoms with Crippen LogP contribution < -0.4 is 10.1 Å². The Morgan fingerprint density at radius 3 is 2.82 bits per heavy atom. The molecular weight excluding hydrogens is 210 g/mol. The molecule has 2 atom stereocenters. The summed E-state index contributed by atoms with van der Waals surface area (Å²) in [6.45, 7) is 8.53. The summed E-state index contributed by atoms with van der Waals surface area (Å²) < 4.78 is 5.68. The molecule has 1 aliphatic rings. The van der Waals surface area contributed by atoms with Crippen LogP contribution >= 0.6 is 0 Å². The first-order valence-electron chi connectivity index (χ1n) is 6.61. The maximum atomic E-state index is 5.68. The van der Waals surface area contributed by atoms with Gasteiger partial charge in [0.1, 0.15) is 5.75 Å². The highest BCUT2D eigenvalue weighted by atomic mass is 16.5. The summed E-state index contributed by atoms with van der Waals surface area (Å²) in [5.41, 5.74) is 1.30. The van der Waals surface area contributed by atoms with Crippen LogP contribution in [0.15, 0.2) is 24.3 Å². The molecule has 94 valence electrons. The van der Waals surface area contributed by atoms with Crippen molar-refractivity contribution in [3.63, 3.8) is 0 Å². The summed E-state index contributed by atoms with van der Waals surface area (Å²) in [6.07, 6.45) is 1.63. The third-order valence-corrected chi connectivity index (χ3v) is 3.28. The van der Waals surface area contributed by atoms with Crippen LogP contribution in [0.4, 0.5) is 0 Å². The number of nitrogens with one attached hydrogen (secondary N) is 1. The molecule has 1 aromatic rings. The lowest BCUT2D eigenvalue weighted by Crippen LogP contribution is -2.16. The summed E-state index contributed by atoms with van der Waals surface area (Å²) >= 11 is 0. The van der Waals surface area contributed by atoms with E-state index >= 15 is 0 Å². The Hall–Kier alpha value is -1.02. The van der Waals surface area contributed by atoms with Gasteiger partial charge in [-0.25, -0.2) is 0 Å². The maximum Gasteiger partial charge on any atom is 0.120 e. The molecule has 0 heterocycles. The van der Waals surface area contributed by atoms with Crippen LogP contribution in [0.1, 0.15) is 32.8 Å². The van der Waals surface area contributed by atoms with Crippen LogP contribution in [0.3, 0.4) is 0 Å². The topological polar surface area (TPSA) is 21.3 Å². The lowest BCUT2D eigenvalue weighted by molar-refractivity contribution is 0.242. The van der Waals surface area contributed by atoms with Crippen LogP contribution in [0.5, 0.6) is 5.75 Å². The van der Waals surface area contributed by atoms with E-state index in [0.717, 1.165) is 30.7 Å². The molecule has 1 fully saturated rings. The second-order valence-electron chi connectivity index (χ2n) is 5.42. The molecule has 2 heteroatoms. The van der Waals surface area contributed by atoms with E-state index in [1.807, 2.05) is 6.07 Å². The molecule has 0 bridgehead atoms. The highest BCUT2D eigenvalue weighted by Crippen LogP contribution is 2.36. The van der Waals surface area contributed by atoms with Gasteiger partial charge in [-0.05, 0) is 56.3 Å². The summed E-state index contributed by atoms with van der Waals surface area (Å²) in [5.74, 6) is 2.81. The lowest BCUT2D eigenvalue weighted by Gasteiger charge is -2.11. The van der Waals surface area contributed by atoms with Crippen molar-refractivity contribution in [1.82, 2.24) is 5.32 Å². The zero-order chi connectivity index (χ0) is 12.3. The fourth-order valence-corrected chi connectivity index (χ4v) is 2.09. The monoisotopic (exact) mass is 233 g/mol. The second kappa shape index (κ2) is 5.54. The number of hydrogen-bond donors (Lipinski definition) is 1. The van der Waals surface area contributed by atoms with Gasteiger partial charge >= 0.3 is 0 Å². The van der Waals surface area contributed by atoms with Gasteiger partial charge in [0.05, 0.1) is 6.10 Å². The molecule has 0 aromatic heterocycles. The van der Waals surface area contributed by atoms with Crippen LogP contribution in [0.25, 0.3) is 0 Å². The second-order valence-corrected chi connectivity index (χ2v) is 5.42. The minimum Gasteiger partial charge on any atom is -0.491 e. The molecule has 2 nitrogen and oxygen atoms in total. The minimum atomic E-state index is 0.241. The largest absolute Gasteiger partial charge is 0.491 e. The average molecular weight is 233 g/mol. The molecule has 0 amide bonds. The molecule has 0 radical (unpaired) electrons. The number of hydrogen-bond acceptors (Lipinski definition) is 2. The molecule has 1 saturated carbocycles. The Balaban J connectivity index is 1.79.